The summed E-state index contributed by atoms with van der Waals surface area (Å²) in [7, 11) is -3.65. The maximum atomic E-state index is 14.2. The van der Waals surface area contributed by atoms with E-state index in [1.54, 1.807) is 13.8 Å². The quantitative estimate of drug-likeness (QED) is 0.479. The zero-order valence-corrected chi connectivity index (χ0v) is 17.9. The molecule has 11 heteroatoms. The Morgan fingerprint density at radius 2 is 2.03 bits per heavy atom. The zero-order valence-electron chi connectivity index (χ0n) is 16.2. The monoisotopic (exact) mass is 443 g/mol. The number of carbonyl (C=O) groups is 2. The predicted octanol–water partition coefficient (Wildman–Crippen LogP) is 3.13. The number of esters is 1. The summed E-state index contributed by atoms with van der Waals surface area (Å²) in [5.74, 6) is -1.16. The standard InChI is InChI=1S/C18H22FN3O5S2/c1-4-27-15(23)6-5-9-20-17(24)22-18-21-11(2)16(28-18)12-7-8-14(13(19)10-12)29(3,25)26/h7-8,10H,4-6,9H2,1-3H3,(H2,20,21,22,24). The summed E-state index contributed by atoms with van der Waals surface area (Å²) in [6.07, 6.45) is 1.60. The van der Waals surface area contributed by atoms with Gasteiger partial charge < -0.3 is 10.1 Å². The lowest BCUT2D eigenvalue weighted by Gasteiger charge is -2.05. The summed E-state index contributed by atoms with van der Waals surface area (Å²) in [5.41, 5.74) is 1.03. The number of anilines is 1. The van der Waals surface area contributed by atoms with Crippen LogP contribution in [0.5, 0.6) is 0 Å². The molecule has 29 heavy (non-hydrogen) atoms. The average Bonchev–Trinajstić information content (AvgIpc) is 2.98. The molecule has 0 aliphatic rings. The van der Waals surface area contributed by atoms with Crippen molar-refractivity contribution in [3.8, 4) is 10.4 Å². The molecule has 2 rings (SSSR count). The van der Waals surface area contributed by atoms with Crippen LogP contribution in [0, 0.1) is 12.7 Å². The van der Waals surface area contributed by atoms with Crippen LogP contribution in [-0.2, 0) is 19.4 Å². The topological polar surface area (TPSA) is 114 Å². The molecule has 8 nitrogen and oxygen atoms in total. The first-order valence-corrected chi connectivity index (χ1v) is 11.5. The summed E-state index contributed by atoms with van der Waals surface area (Å²) in [6.45, 7) is 4.04. The van der Waals surface area contributed by atoms with Crippen LogP contribution in [0.4, 0.5) is 14.3 Å². The van der Waals surface area contributed by atoms with Gasteiger partial charge in [-0.3, -0.25) is 10.1 Å². The summed E-state index contributed by atoms with van der Waals surface area (Å²) in [4.78, 5) is 27.7. The molecule has 2 amide bonds. The summed E-state index contributed by atoms with van der Waals surface area (Å²) >= 11 is 1.14. The maximum Gasteiger partial charge on any atom is 0.321 e. The molecule has 0 radical (unpaired) electrons. The first-order chi connectivity index (χ1) is 13.6. The van der Waals surface area contributed by atoms with Gasteiger partial charge in [0.25, 0.3) is 0 Å². The third-order valence-electron chi connectivity index (χ3n) is 3.76. The molecule has 0 spiro atoms. The lowest BCUT2D eigenvalue weighted by atomic mass is 10.1. The van der Waals surface area contributed by atoms with Gasteiger partial charge in [0.15, 0.2) is 15.0 Å². The van der Waals surface area contributed by atoms with Crippen molar-refractivity contribution in [3.05, 3.63) is 29.7 Å². The van der Waals surface area contributed by atoms with Crippen LogP contribution in [0.15, 0.2) is 23.1 Å². The van der Waals surface area contributed by atoms with Crippen LogP contribution in [0.25, 0.3) is 10.4 Å². The van der Waals surface area contributed by atoms with Crippen LogP contribution >= 0.6 is 11.3 Å². The van der Waals surface area contributed by atoms with E-state index in [4.69, 9.17) is 4.74 Å². The fourth-order valence-corrected chi connectivity index (χ4v) is 4.16. The van der Waals surface area contributed by atoms with E-state index >= 15 is 0 Å². The van der Waals surface area contributed by atoms with E-state index < -0.39 is 21.7 Å². The molecule has 0 unspecified atom stereocenters. The van der Waals surface area contributed by atoms with Gasteiger partial charge in [-0.2, -0.15) is 0 Å². The van der Waals surface area contributed by atoms with Crippen LogP contribution in [-0.4, -0.2) is 44.8 Å². The molecular formula is C18H22FN3O5S2. The fourth-order valence-electron chi connectivity index (χ4n) is 2.47. The van der Waals surface area contributed by atoms with Gasteiger partial charge in [-0.15, -0.1) is 0 Å². The highest BCUT2D eigenvalue weighted by Gasteiger charge is 2.17. The number of nitrogens with one attached hydrogen (secondary N) is 2. The van der Waals surface area contributed by atoms with E-state index in [1.807, 2.05) is 0 Å². The Balaban J connectivity index is 1.99. The van der Waals surface area contributed by atoms with E-state index in [0.29, 0.717) is 40.8 Å². The highest BCUT2D eigenvalue weighted by atomic mass is 32.2. The number of amides is 2. The highest BCUT2D eigenvalue weighted by molar-refractivity contribution is 7.90. The van der Waals surface area contributed by atoms with E-state index in [9.17, 15) is 22.4 Å². The van der Waals surface area contributed by atoms with Gasteiger partial charge in [0.2, 0.25) is 0 Å². The smallest absolute Gasteiger partial charge is 0.321 e. The minimum absolute atomic E-state index is 0.212. The van der Waals surface area contributed by atoms with Crippen molar-refractivity contribution < 1.29 is 27.1 Å². The molecule has 0 saturated heterocycles. The van der Waals surface area contributed by atoms with Crippen molar-refractivity contribution in [1.82, 2.24) is 10.3 Å². The molecule has 2 N–H and O–H groups in total. The third-order valence-corrected chi connectivity index (χ3v) is 6.01. The Bertz CT molecular complexity index is 1000. The van der Waals surface area contributed by atoms with Crippen LogP contribution in [0.2, 0.25) is 0 Å². The van der Waals surface area contributed by atoms with Crippen molar-refractivity contribution in [2.75, 3.05) is 24.7 Å². The van der Waals surface area contributed by atoms with Crippen molar-refractivity contribution in [1.29, 1.82) is 0 Å². The van der Waals surface area contributed by atoms with Crippen molar-refractivity contribution in [2.24, 2.45) is 0 Å². The van der Waals surface area contributed by atoms with E-state index in [0.717, 1.165) is 23.7 Å². The molecule has 2 aromatic rings. The molecule has 1 aromatic carbocycles. The third kappa shape index (κ3) is 6.50. The zero-order chi connectivity index (χ0) is 21.6. The Hall–Kier alpha value is -2.53. The molecule has 1 heterocycles. The second kappa shape index (κ2) is 9.79. The number of sulfone groups is 1. The Morgan fingerprint density at radius 1 is 1.31 bits per heavy atom. The number of aromatic nitrogens is 1. The maximum absolute atomic E-state index is 14.2. The molecule has 0 bridgehead atoms. The number of carbonyl (C=O) groups excluding carboxylic acids is 2. The molecule has 0 aliphatic heterocycles. The minimum Gasteiger partial charge on any atom is -0.466 e. The van der Waals surface area contributed by atoms with Gasteiger partial charge in [-0.05, 0) is 38.0 Å². The number of nitrogens with zero attached hydrogens (tertiary/aromatic N) is 1. The number of rotatable bonds is 8. The number of aryl methyl sites for hydroxylation is 1. The average molecular weight is 444 g/mol. The number of hydrogen-bond acceptors (Lipinski definition) is 7. The SMILES string of the molecule is CCOC(=O)CCCNC(=O)Nc1nc(C)c(-c2ccc(S(C)(=O)=O)c(F)c2)s1. The van der Waals surface area contributed by atoms with Gasteiger partial charge in [-0.1, -0.05) is 17.4 Å². The van der Waals surface area contributed by atoms with E-state index in [-0.39, 0.29) is 17.3 Å². The fraction of sp³-hybridized carbons (Fsp3) is 0.389. The number of ether oxygens (including phenoxy) is 1. The van der Waals surface area contributed by atoms with Crippen molar-refractivity contribution >= 4 is 38.3 Å². The summed E-state index contributed by atoms with van der Waals surface area (Å²) < 4.78 is 42.0. The van der Waals surface area contributed by atoms with Crippen molar-refractivity contribution in [3.63, 3.8) is 0 Å². The Kier molecular flexibility index (Phi) is 7.68. The van der Waals surface area contributed by atoms with E-state index in [1.165, 1.54) is 12.1 Å². The van der Waals surface area contributed by atoms with E-state index in [2.05, 4.69) is 15.6 Å². The number of hydrogen-bond donors (Lipinski definition) is 2. The molecule has 0 saturated carbocycles. The van der Waals surface area contributed by atoms with Crippen LogP contribution in [0.1, 0.15) is 25.5 Å². The van der Waals surface area contributed by atoms with Gasteiger partial charge in [0.05, 0.1) is 17.2 Å². The Morgan fingerprint density at radius 3 is 2.66 bits per heavy atom. The van der Waals surface area contributed by atoms with Gasteiger partial charge in [-0.25, -0.2) is 22.6 Å². The number of benzene rings is 1. The highest BCUT2D eigenvalue weighted by Crippen LogP contribution is 2.34. The Labute approximate surface area is 172 Å². The normalized spacial score (nSPS) is 11.2. The summed E-state index contributed by atoms with van der Waals surface area (Å²) in [5, 5.41) is 5.51. The number of urea groups is 1. The van der Waals surface area contributed by atoms with Gasteiger partial charge >= 0.3 is 12.0 Å². The lowest BCUT2D eigenvalue weighted by Crippen LogP contribution is -2.29. The molecule has 0 atom stereocenters. The molecule has 0 fully saturated rings. The van der Waals surface area contributed by atoms with Crippen LogP contribution < -0.4 is 10.6 Å². The largest absolute Gasteiger partial charge is 0.466 e. The molecule has 0 aliphatic carbocycles. The number of halogens is 1. The van der Waals surface area contributed by atoms with Crippen LogP contribution in [0.3, 0.4) is 0 Å². The molecule has 1 aromatic heterocycles. The predicted molar refractivity (Wildman–Crippen MR) is 108 cm³/mol. The lowest BCUT2D eigenvalue weighted by molar-refractivity contribution is -0.143. The second-order valence-corrected chi connectivity index (χ2v) is 9.12. The first-order valence-electron chi connectivity index (χ1n) is 8.79. The van der Waals surface area contributed by atoms with Gasteiger partial charge in [0.1, 0.15) is 10.7 Å². The van der Waals surface area contributed by atoms with Crippen molar-refractivity contribution in [2.45, 2.75) is 31.6 Å². The second-order valence-electron chi connectivity index (χ2n) is 6.14. The summed E-state index contributed by atoms with van der Waals surface area (Å²) in [6, 6.07) is 3.37. The minimum atomic E-state index is -3.65. The first kappa shape index (κ1) is 22.8. The van der Waals surface area contributed by atoms with Gasteiger partial charge in [0, 0.05) is 19.2 Å². The molecule has 158 valence electrons. The molecular weight excluding hydrogens is 421 g/mol. The number of thiazole rings is 1.